The van der Waals surface area contributed by atoms with E-state index in [1.807, 2.05) is 74.5 Å². The molecule has 0 bridgehead atoms. The molecule has 0 spiro atoms. The molecule has 0 fully saturated rings. The number of nitrogens with one attached hydrogen (secondary N) is 1. The molecule has 0 saturated carbocycles. The van der Waals surface area contributed by atoms with Crippen molar-refractivity contribution in [1.29, 1.82) is 0 Å². The van der Waals surface area contributed by atoms with Crippen molar-refractivity contribution in [3.05, 3.63) is 71.9 Å². The largest absolute Gasteiger partial charge is 0.325 e. The number of hydrogen-bond acceptors (Lipinski definition) is 4. The van der Waals surface area contributed by atoms with E-state index in [0.29, 0.717) is 5.16 Å². The molecule has 3 aromatic rings. The minimum absolute atomic E-state index is 0.0692. The maximum atomic E-state index is 12.1. The average molecular weight is 349 g/mol. The Hall–Kier alpha value is -2.66. The first kappa shape index (κ1) is 17.2. The summed E-state index contributed by atoms with van der Waals surface area (Å²) in [6.45, 7) is 3.95. The molecule has 25 heavy (non-hydrogen) atoms. The zero-order chi connectivity index (χ0) is 17.6. The van der Waals surface area contributed by atoms with Crippen LogP contribution in [0.4, 0.5) is 5.69 Å². The average Bonchev–Trinajstić information content (AvgIpc) is 2.62. The molecular formula is C20H19N3OS. The van der Waals surface area contributed by atoms with Crippen LogP contribution < -0.4 is 5.32 Å². The second-order valence-electron chi connectivity index (χ2n) is 5.75. The summed E-state index contributed by atoms with van der Waals surface area (Å²) < 4.78 is 0. The van der Waals surface area contributed by atoms with Gasteiger partial charge in [0, 0.05) is 16.9 Å². The molecule has 1 amide bonds. The van der Waals surface area contributed by atoms with Gasteiger partial charge >= 0.3 is 0 Å². The van der Waals surface area contributed by atoms with Gasteiger partial charge in [-0.25, -0.2) is 9.97 Å². The van der Waals surface area contributed by atoms with Gasteiger partial charge in [-0.3, -0.25) is 4.79 Å². The van der Waals surface area contributed by atoms with E-state index in [4.69, 9.17) is 0 Å². The third-order valence-electron chi connectivity index (χ3n) is 3.57. The van der Waals surface area contributed by atoms with Gasteiger partial charge in [-0.1, -0.05) is 59.8 Å². The van der Waals surface area contributed by atoms with Gasteiger partial charge < -0.3 is 5.32 Å². The number of thioether (sulfide) groups is 1. The number of amides is 1. The summed E-state index contributed by atoms with van der Waals surface area (Å²) >= 11 is 1.34. The maximum Gasteiger partial charge on any atom is 0.234 e. The number of benzene rings is 2. The highest BCUT2D eigenvalue weighted by atomic mass is 32.2. The molecule has 1 heterocycles. The second-order valence-corrected chi connectivity index (χ2v) is 6.69. The Morgan fingerprint density at radius 1 is 1.00 bits per heavy atom. The van der Waals surface area contributed by atoms with Crippen LogP contribution in [0.5, 0.6) is 0 Å². The Balaban J connectivity index is 1.65. The van der Waals surface area contributed by atoms with Crippen molar-refractivity contribution in [3.8, 4) is 11.3 Å². The van der Waals surface area contributed by atoms with Crippen molar-refractivity contribution in [2.75, 3.05) is 11.1 Å². The summed E-state index contributed by atoms with van der Waals surface area (Å²) in [5.41, 5.74) is 4.75. The SMILES string of the molecule is Cc1ccc(NC(=O)CSc2nc(C)cc(-c3ccccc3)n2)cc1. The van der Waals surface area contributed by atoms with Crippen molar-refractivity contribution in [2.24, 2.45) is 0 Å². The molecule has 0 radical (unpaired) electrons. The van der Waals surface area contributed by atoms with Gasteiger partial charge in [0.25, 0.3) is 0 Å². The fourth-order valence-corrected chi connectivity index (χ4v) is 3.03. The van der Waals surface area contributed by atoms with Crippen molar-refractivity contribution in [2.45, 2.75) is 19.0 Å². The molecule has 1 aromatic heterocycles. The Morgan fingerprint density at radius 2 is 1.72 bits per heavy atom. The number of carbonyl (C=O) groups excluding carboxylic acids is 1. The smallest absolute Gasteiger partial charge is 0.234 e. The third kappa shape index (κ3) is 4.90. The monoisotopic (exact) mass is 349 g/mol. The zero-order valence-corrected chi connectivity index (χ0v) is 15.0. The molecule has 4 nitrogen and oxygen atoms in total. The Kier molecular flexibility index (Phi) is 5.46. The molecule has 2 aromatic carbocycles. The number of aromatic nitrogens is 2. The number of anilines is 1. The first-order valence-corrected chi connectivity index (χ1v) is 8.99. The molecule has 0 saturated heterocycles. The van der Waals surface area contributed by atoms with Gasteiger partial charge in [0.2, 0.25) is 5.91 Å². The summed E-state index contributed by atoms with van der Waals surface area (Å²) in [6.07, 6.45) is 0. The maximum absolute atomic E-state index is 12.1. The number of carbonyl (C=O) groups is 1. The Morgan fingerprint density at radius 3 is 2.44 bits per heavy atom. The Bertz CT molecular complexity index is 864. The molecule has 0 aliphatic heterocycles. The first-order chi connectivity index (χ1) is 12.1. The lowest BCUT2D eigenvalue weighted by Gasteiger charge is -2.07. The van der Waals surface area contributed by atoms with Crippen LogP contribution in [0.25, 0.3) is 11.3 Å². The van der Waals surface area contributed by atoms with Crippen molar-refractivity contribution in [1.82, 2.24) is 9.97 Å². The van der Waals surface area contributed by atoms with Gasteiger partial charge in [0.15, 0.2) is 5.16 Å². The van der Waals surface area contributed by atoms with E-state index in [0.717, 1.165) is 28.2 Å². The van der Waals surface area contributed by atoms with E-state index >= 15 is 0 Å². The first-order valence-electron chi connectivity index (χ1n) is 8.00. The summed E-state index contributed by atoms with van der Waals surface area (Å²) in [5.74, 6) is 0.200. The highest BCUT2D eigenvalue weighted by Gasteiger charge is 2.08. The van der Waals surface area contributed by atoms with Crippen LogP contribution >= 0.6 is 11.8 Å². The van der Waals surface area contributed by atoms with E-state index in [2.05, 4.69) is 15.3 Å². The highest BCUT2D eigenvalue weighted by molar-refractivity contribution is 7.99. The van der Waals surface area contributed by atoms with Crippen molar-refractivity contribution < 1.29 is 4.79 Å². The molecule has 1 N–H and O–H groups in total. The molecule has 5 heteroatoms. The molecule has 126 valence electrons. The summed E-state index contributed by atoms with van der Waals surface area (Å²) in [6, 6.07) is 19.7. The Labute approximate surface area is 151 Å². The third-order valence-corrected chi connectivity index (χ3v) is 4.42. The van der Waals surface area contributed by atoms with Crippen LogP contribution in [0, 0.1) is 13.8 Å². The van der Waals surface area contributed by atoms with Crippen LogP contribution in [-0.2, 0) is 4.79 Å². The number of aryl methyl sites for hydroxylation is 2. The van der Waals surface area contributed by atoms with Gasteiger partial charge in [-0.2, -0.15) is 0 Å². The zero-order valence-electron chi connectivity index (χ0n) is 14.2. The molecule has 0 aliphatic rings. The second kappa shape index (κ2) is 7.94. The summed E-state index contributed by atoms with van der Waals surface area (Å²) in [5, 5.41) is 3.49. The molecular weight excluding hydrogens is 330 g/mol. The quantitative estimate of drug-likeness (QED) is 0.545. The minimum Gasteiger partial charge on any atom is -0.325 e. The lowest BCUT2D eigenvalue weighted by atomic mass is 10.1. The normalized spacial score (nSPS) is 10.5. The molecule has 0 unspecified atom stereocenters. The predicted molar refractivity (Wildman–Crippen MR) is 103 cm³/mol. The number of hydrogen-bond donors (Lipinski definition) is 1. The highest BCUT2D eigenvalue weighted by Crippen LogP contribution is 2.21. The van der Waals surface area contributed by atoms with Gasteiger partial charge in [0.1, 0.15) is 0 Å². The van der Waals surface area contributed by atoms with Gasteiger partial charge in [-0.05, 0) is 32.0 Å². The minimum atomic E-state index is -0.0692. The predicted octanol–water partition coefficient (Wildman–Crippen LogP) is 4.49. The molecule has 0 atom stereocenters. The van der Waals surface area contributed by atoms with Gasteiger partial charge in [-0.15, -0.1) is 0 Å². The topological polar surface area (TPSA) is 54.9 Å². The van der Waals surface area contributed by atoms with E-state index < -0.39 is 0 Å². The fraction of sp³-hybridized carbons (Fsp3) is 0.150. The summed E-state index contributed by atoms with van der Waals surface area (Å²) in [7, 11) is 0. The lowest BCUT2D eigenvalue weighted by Crippen LogP contribution is -2.14. The van der Waals surface area contributed by atoms with Crippen LogP contribution in [0.2, 0.25) is 0 Å². The van der Waals surface area contributed by atoms with E-state index in [9.17, 15) is 4.79 Å². The number of rotatable bonds is 5. The van der Waals surface area contributed by atoms with Crippen molar-refractivity contribution >= 4 is 23.4 Å². The lowest BCUT2D eigenvalue weighted by molar-refractivity contribution is -0.113. The van der Waals surface area contributed by atoms with Crippen LogP contribution in [0.15, 0.2) is 65.8 Å². The molecule has 0 aliphatic carbocycles. The van der Waals surface area contributed by atoms with Crippen LogP contribution in [0.3, 0.4) is 0 Å². The molecule has 3 rings (SSSR count). The fourth-order valence-electron chi connectivity index (χ4n) is 2.33. The van der Waals surface area contributed by atoms with E-state index in [1.54, 1.807) is 0 Å². The van der Waals surface area contributed by atoms with Crippen molar-refractivity contribution in [3.63, 3.8) is 0 Å². The van der Waals surface area contributed by atoms with Crippen LogP contribution in [-0.4, -0.2) is 21.6 Å². The van der Waals surface area contributed by atoms with E-state index in [-0.39, 0.29) is 11.7 Å². The standard InChI is InChI=1S/C20H19N3OS/c1-14-8-10-17(11-9-14)22-19(24)13-25-20-21-15(2)12-18(23-20)16-6-4-3-5-7-16/h3-12H,13H2,1-2H3,(H,22,24). The van der Waals surface area contributed by atoms with E-state index in [1.165, 1.54) is 11.8 Å². The van der Waals surface area contributed by atoms with Crippen LogP contribution in [0.1, 0.15) is 11.3 Å². The number of nitrogens with zero attached hydrogens (tertiary/aromatic N) is 2. The summed E-state index contributed by atoms with van der Waals surface area (Å²) in [4.78, 5) is 21.1. The van der Waals surface area contributed by atoms with Gasteiger partial charge in [0.05, 0.1) is 11.4 Å².